The zero-order chi connectivity index (χ0) is 22.6. The summed E-state index contributed by atoms with van der Waals surface area (Å²) in [6, 6.07) is 19.6. The Balaban J connectivity index is 1.59. The van der Waals surface area contributed by atoms with Crippen molar-refractivity contribution < 1.29 is 14.3 Å². The molecule has 3 rings (SSSR count). The second-order valence-corrected chi connectivity index (χ2v) is 8.50. The molecule has 5 heteroatoms. The average molecular weight is 437 g/mol. The Kier molecular flexibility index (Phi) is 9.60. The number of rotatable bonds is 12. The molecule has 0 saturated heterocycles. The number of para-hydroxylation sites is 1. The molecule has 0 unspecified atom stereocenters. The highest BCUT2D eigenvalue weighted by Gasteiger charge is 2.30. The van der Waals surface area contributed by atoms with Crippen LogP contribution in [0.2, 0.25) is 0 Å². The highest BCUT2D eigenvalue weighted by atomic mass is 16.5. The van der Waals surface area contributed by atoms with E-state index in [9.17, 15) is 9.59 Å². The smallest absolute Gasteiger partial charge is 0.243 e. The van der Waals surface area contributed by atoms with Gasteiger partial charge >= 0.3 is 0 Å². The van der Waals surface area contributed by atoms with Crippen LogP contribution in [0.5, 0.6) is 5.75 Å². The van der Waals surface area contributed by atoms with Crippen LogP contribution in [0, 0.1) is 0 Å². The van der Waals surface area contributed by atoms with E-state index >= 15 is 0 Å². The van der Waals surface area contributed by atoms with E-state index in [4.69, 9.17) is 4.74 Å². The molecule has 2 aromatic carbocycles. The van der Waals surface area contributed by atoms with Gasteiger partial charge < -0.3 is 15.0 Å². The first kappa shape index (κ1) is 23.8. The normalized spacial score (nSPS) is 14.7. The molecule has 0 aromatic heterocycles. The zero-order valence-corrected chi connectivity index (χ0v) is 19.2. The number of ether oxygens (including phenoxy) is 1. The Morgan fingerprint density at radius 1 is 1.03 bits per heavy atom. The summed E-state index contributed by atoms with van der Waals surface area (Å²) in [5.74, 6) is 0.815. The molecule has 1 N–H and O–H groups in total. The predicted octanol–water partition coefficient (Wildman–Crippen LogP) is 4.75. The maximum absolute atomic E-state index is 13.2. The van der Waals surface area contributed by atoms with Crippen LogP contribution >= 0.6 is 0 Å². The first-order chi connectivity index (χ1) is 15.7. The topological polar surface area (TPSA) is 58.6 Å². The molecule has 2 aromatic rings. The summed E-state index contributed by atoms with van der Waals surface area (Å²) < 4.78 is 5.74. The van der Waals surface area contributed by atoms with Crippen molar-refractivity contribution in [3.8, 4) is 5.75 Å². The van der Waals surface area contributed by atoms with Crippen LogP contribution < -0.4 is 10.1 Å². The van der Waals surface area contributed by atoms with E-state index in [1.807, 2.05) is 55.5 Å². The lowest BCUT2D eigenvalue weighted by Gasteiger charge is -2.31. The van der Waals surface area contributed by atoms with Crippen LogP contribution in [0.3, 0.4) is 0 Å². The molecule has 0 aliphatic heterocycles. The summed E-state index contributed by atoms with van der Waals surface area (Å²) >= 11 is 0. The minimum Gasteiger partial charge on any atom is -0.494 e. The molecule has 1 aliphatic carbocycles. The van der Waals surface area contributed by atoms with Crippen molar-refractivity contribution in [1.29, 1.82) is 0 Å². The number of carbonyl (C=O) groups excluding carboxylic acids is 2. The molecule has 32 heavy (non-hydrogen) atoms. The molecule has 0 spiro atoms. The Hall–Kier alpha value is -2.82. The van der Waals surface area contributed by atoms with Gasteiger partial charge in [0.05, 0.1) is 6.61 Å². The maximum Gasteiger partial charge on any atom is 0.243 e. The monoisotopic (exact) mass is 436 g/mol. The Morgan fingerprint density at radius 2 is 1.69 bits per heavy atom. The summed E-state index contributed by atoms with van der Waals surface area (Å²) in [6.07, 6.45) is 6.75. The standard InChI is InChI=1S/C27H36N2O3/c1-2-25(27(31)28-23-14-9-10-15-23)29(20-19-22-12-5-3-6-13-22)26(30)18-11-21-32-24-16-7-4-8-17-24/h3-8,12-13,16-17,23,25H,2,9-11,14-15,18-21H2,1H3,(H,28,31)/t25-/m1/s1. The average Bonchev–Trinajstić information content (AvgIpc) is 3.33. The lowest BCUT2D eigenvalue weighted by atomic mass is 10.1. The summed E-state index contributed by atoms with van der Waals surface area (Å²) in [5.41, 5.74) is 1.17. The molecular formula is C27H36N2O3. The van der Waals surface area contributed by atoms with Gasteiger partial charge in [-0.15, -0.1) is 0 Å². The van der Waals surface area contributed by atoms with E-state index in [2.05, 4.69) is 17.4 Å². The van der Waals surface area contributed by atoms with E-state index in [1.54, 1.807) is 4.90 Å². The number of benzene rings is 2. The molecule has 172 valence electrons. The van der Waals surface area contributed by atoms with Gasteiger partial charge in [-0.1, -0.05) is 68.3 Å². The molecular weight excluding hydrogens is 400 g/mol. The van der Waals surface area contributed by atoms with Gasteiger partial charge in [-0.2, -0.15) is 0 Å². The van der Waals surface area contributed by atoms with Gasteiger partial charge in [0.2, 0.25) is 11.8 Å². The third-order valence-electron chi connectivity index (χ3n) is 6.12. The van der Waals surface area contributed by atoms with Gasteiger partial charge in [0.15, 0.2) is 0 Å². The van der Waals surface area contributed by atoms with Gasteiger partial charge in [-0.25, -0.2) is 0 Å². The molecule has 1 saturated carbocycles. The summed E-state index contributed by atoms with van der Waals surface area (Å²) in [6.45, 7) is 3.01. The predicted molar refractivity (Wildman–Crippen MR) is 128 cm³/mol. The number of hydrogen-bond acceptors (Lipinski definition) is 3. The fourth-order valence-electron chi connectivity index (χ4n) is 4.34. The second-order valence-electron chi connectivity index (χ2n) is 8.50. The third-order valence-corrected chi connectivity index (χ3v) is 6.12. The van der Waals surface area contributed by atoms with E-state index < -0.39 is 6.04 Å². The van der Waals surface area contributed by atoms with Crippen molar-refractivity contribution in [2.24, 2.45) is 0 Å². The molecule has 0 heterocycles. The summed E-state index contributed by atoms with van der Waals surface area (Å²) in [4.78, 5) is 28.1. The Bertz CT molecular complexity index is 819. The van der Waals surface area contributed by atoms with Crippen LogP contribution in [0.15, 0.2) is 60.7 Å². The van der Waals surface area contributed by atoms with Crippen LogP contribution in [-0.4, -0.2) is 41.9 Å². The van der Waals surface area contributed by atoms with Crippen LogP contribution in [-0.2, 0) is 16.0 Å². The van der Waals surface area contributed by atoms with Crippen molar-refractivity contribution in [3.05, 3.63) is 66.2 Å². The van der Waals surface area contributed by atoms with Gasteiger partial charge in [0.25, 0.3) is 0 Å². The maximum atomic E-state index is 13.2. The first-order valence-electron chi connectivity index (χ1n) is 12.0. The Morgan fingerprint density at radius 3 is 2.34 bits per heavy atom. The first-order valence-corrected chi connectivity index (χ1v) is 12.0. The van der Waals surface area contributed by atoms with E-state index in [0.29, 0.717) is 32.4 Å². The molecule has 1 aliphatic rings. The van der Waals surface area contributed by atoms with Crippen molar-refractivity contribution in [2.45, 2.75) is 70.4 Å². The van der Waals surface area contributed by atoms with Gasteiger partial charge in [-0.05, 0) is 49.8 Å². The molecule has 0 radical (unpaired) electrons. The van der Waals surface area contributed by atoms with E-state index in [0.717, 1.165) is 25.0 Å². The van der Waals surface area contributed by atoms with Crippen molar-refractivity contribution in [3.63, 3.8) is 0 Å². The zero-order valence-electron chi connectivity index (χ0n) is 19.2. The highest BCUT2D eigenvalue weighted by Crippen LogP contribution is 2.19. The van der Waals surface area contributed by atoms with Crippen LogP contribution in [0.4, 0.5) is 0 Å². The van der Waals surface area contributed by atoms with Crippen LogP contribution in [0.1, 0.15) is 57.4 Å². The number of carbonyl (C=O) groups is 2. The quantitative estimate of drug-likeness (QED) is 0.488. The Labute approximate surface area is 192 Å². The van der Waals surface area contributed by atoms with Crippen molar-refractivity contribution >= 4 is 11.8 Å². The molecule has 1 atom stereocenters. The van der Waals surface area contributed by atoms with Crippen LogP contribution in [0.25, 0.3) is 0 Å². The lowest BCUT2D eigenvalue weighted by Crippen LogP contribution is -2.51. The van der Waals surface area contributed by atoms with E-state index in [1.165, 1.54) is 18.4 Å². The lowest BCUT2D eigenvalue weighted by molar-refractivity contribution is -0.141. The van der Waals surface area contributed by atoms with Crippen molar-refractivity contribution in [1.82, 2.24) is 10.2 Å². The van der Waals surface area contributed by atoms with Gasteiger partial charge in [0.1, 0.15) is 11.8 Å². The molecule has 5 nitrogen and oxygen atoms in total. The van der Waals surface area contributed by atoms with Gasteiger partial charge in [0, 0.05) is 19.0 Å². The molecule has 0 bridgehead atoms. The fourth-order valence-corrected chi connectivity index (χ4v) is 4.34. The second kappa shape index (κ2) is 12.9. The fraction of sp³-hybridized carbons (Fsp3) is 0.481. The number of nitrogens with zero attached hydrogens (tertiary/aromatic N) is 1. The SMILES string of the molecule is CC[C@H](C(=O)NC1CCCC1)N(CCc1ccccc1)C(=O)CCCOc1ccccc1. The van der Waals surface area contributed by atoms with Crippen molar-refractivity contribution in [2.75, 3.05) is 13.2 Å². The summed E-state index contributed by atoms with van der Waals surface area (Å²) in [5, 5.41) is 3.19. The minimum atomic E-state index is -0.429. The molecule has 1 fully saturated rings. The third kappa shape index (κ3) is 7.40. The minimum absolute atomic E-state index is 0.0126. The highest BCUT2D eigenvalue weighted by molar-refractivity contribution is 5.87. The number of hydrogen-bond donors (Lipinski definition) is 1. The molecule has 2 amide bonds. The number of nitrogens with one attached hydrogen (secondary N) is 1. The number of amides is 2. The van der Waals surface area contributed by atoms with E-state index in [-0.39, 0.29) is 17.9 Å². The summed E-state index contributed by atoms with van der Waals surface area (Å²) in [7, 11) is 0. The van der Waals surface area contributed by atoms with Gasteiger partial charge in [-0.3, -0.25) is 9.59 Å². The largest absolute Gasteiger partial charge is 0.494 e.